The highest BCUT2D eigenvalue weighted by Crippen LogP contribution is 2.17. The highest BCUT2D eigenvalue weighted by Gasteiger charge is 2.23. The van der Waals surface area contributed by atoms with Crippen molar-refractivity contribution in [2.45, 2.75) is 45.2 Å². The Morgan fingerprint density at radius 2 is 2.14 bits per heavy atom. The Morgan fingerprint density at radius 3 is 2.82 bits per heavy atom. The summed E-state index contributed by atoms with van der Waals surface area (Å²) in [5.74, 6) is -0.162. The number of aryl methyl sites for hydroxylation is 1. The van der Waals surface area contributed by atoms with Gasteiger partial charge in [-0.1, -0.05) is 12.5 Å². The summed E-state index contributed by atoms with van der Waals surface area (Å²) in [4.78, 5) is 26.0. The molecular weight excluding hydrogens is 278 g/mol. The van der Waals surface area contributed by atoms with Crippen molar-refractivity contribution in [3.05, 3.63) is 29.3 Å². The van der Waals surface area contributed by atoms with E-state index in [-0.39, 0.29) is 11.8 Å². The lowest BCUT2D eigenvalue weighted by Crippen LogP contribution is -2.42. The highest BCUT2D eigenvalue weighted by atomic mass is 16.2. The second-order valence-electron chi connectivity index (χ2n) is 6.23. The molecule has 0 radical (unpaired) electrons. The van der Waals surface area contributed by atoms with E-state index in [9.17, 15) is 9.59 Å². The van der Waals surface area contributed by atoms with E-state index in [4.69, 9.17) is 0 Å². The number of carbonyl (C=O) groups excluding carboxylic acids is 2. The summed E-state index contributed by atoms with van der Waals surface area (Å²) >= 11 is 0. The van der Waals surface area contributed by atoms with Gasteiger partial charge in [0, 0.05) is 18.7 Å². The smallest absolute Gasteiger partial charge is 0.246 e. The highest BCUT2D eigenvalue weighted by molar-refractivity contribution is 5.97. The molecule has 2 amide bonds. The maximum absolute atomic E-state index is 12.3. The van der Waals surface area contributed by atoms with Crippen LogP contribution in [0.3, 0.4) is 0 Å². The third-order valence-corrected chi connectivity index (χ3v) is 3.90. The van der Waals surface area contributed by atoms with Crippen molar-refractivity contribution in [1.29, 1.82) is 0 Å². The van der Waals surface area contributed by atoms with Crippen LogP contribution in [0.1, 0.15) is 36.8 Å². The maximum atomic E-state index is 12.3. The molecule has 120 valence electrons. The largest absolute Gasteiger partial charge is 0.344 e. The maximum Gasteiger partial charge on any atom is 0.246 e. The zero-order valence-corrected chi connectivity index (χ0v) is 13.6. The van der Waals surface area contributed by atoms with Crippen LogP contribution in [0.15, 0.2) is 18.2 Å². The Labute approximate surface area is 132 Å². The van der Waals surface area contributed by atoms with Gasteiger partial charge >= 0.3 is 0 Å². The molecule has 5 nitrogen and oxygen atoms in total. The summed E-state index contributed by atoms with van der Waals surface area (Å²) in [6, 6.07) is 5.52. The molecule has 0 saturated carbocycles. The van der Waals surface area contributed by atoms with Gasteiger partial charge in [-0.2, -0.15) is 0 Å². The van der Waals surface area contributed by atoms with E-state index in [1.165, 1.54) is 5.56 Å². The quantitative estimate of drug-likeness (QED) is 0.895. The first kappa shape index (κ1) is 16.5. The van der Waals surface area contributed by atoms with Crippen LogP contribution in [-0.2, 0) is 16.1 Å². The fourth-order valence-corrected chi connectivity index (χ4v) is 2.69. The summed E-state index contributed by atoms with van der Waals surface area (Å²) in [7, 11) is 4.06. The Morgan fingerprint density at radius 1 is 1.36 bits per heavy atom. The van der Waals surface area contributed by atoms with Crippen molar-refractivity contribution in [2.24, 2.45) is 0 Å². The van der Waals surface area contributed by atoms with Crippen LogP contribution in [0, 0.1) is 6.92 Å². The number of amides is 2. The van der Waals surface area contributed by atoms with Crippen LogP contribution in [0.2, 0.25) is 0 Å². The molecule has 1 aromatic carbocycles. The summed E-state index contributed by atoms with van der Waals surface area (Å²) < 4.78 is 0. The first-order valence-corrected chi connectivity index (χ1v) is 7.80. The van der Waals surface area contributed by atoms with Gasteiger partial charge in [-0.3, -0.25) is 9.59 Å². The summed E-state index contributed by atoms with van der Waals surface area (Å²) in [5.41, 5.74) is 3.17. The third kappa shape index (κ3) is 4.56. The normalized spacial score (nSPS) is 18.7. The van der Waals surface area contributed by atoms with E-state index in [1.54, 1.807) is 0 Å². The Kier molecular flexibility index (Phi) is 5.55. The first-order chi connectivity index (χ1) is 10.5. The molecule has 0 aliphatic carbocycles. The van der Waals surface area contributed by atoms with Gasteiger partial charge in [-0.05, 0) is 57.1 Å². The van der Waals surface area contributed by atoms with Crippen molar-refractivity contribution < 1.29 is 9.59 Å². The third-order valence-electron chi connectivity index (χ3n) is 3.90. The van der Waals surface area contributed by atoms with Gasteiger partial charge in [0.1, 0.15) is 6.04 Å². The molecular formula is C17H25N3O2. The molecule has 0 bridgehead atoms. The molecule has 1 unspecified atom stereocenters. The molecule has 1 fully saturated rings. The molecule has 1 heterocycles. The number of nitrogens with zero attached hydrogens (tertiary/aromatic N) is 1. The van der Waals surface area contributed by atoms with E-state index in [0.29, 0.717) is 12.8 Å². The van der Waals surface area contributed by atoms with E-state index >= 15 is 0 Å². The predicted molar refractivity (Wildman–Crippen MR) is 87.6 cm³/mol. The van der Waals surface area contributed by atoms with Crippen molar-refractivity contribution in [3.63, 3.8) is 0 Å². The van der Waals surface area contributed by atoms with E-state index in [1.807, 2.05) is 39.2 Å². The molecule has 2 rings (SSSR count). The van der Waals surface area contributed by atoms with Gasteiger partial charge in [0.05, 0.1) is 0 Å². The Bertz CT molecular complexity index is 555. The minimum Gasteiger partial charge on any atom is -0.344 e. The number of nitrogens with one attached hydrogen (secondary N) is 2. The van der Waals surface area contributed by atoms with E-state index in [0.717, 1.165) is 30.6 Å². The second-order valence-corrected chi connectivity index (χ2v) is 6.23. The van der Waals surface area contributed by atoms with E-state index in [2.05, 4.69) is 15.5 Å². The molecule has 0 spiro atoms. The lowest BCUT2D eigenvalue weighted by molar-refractivity contribution is -0.125. The predicted octanol–water partition coefficient (Wildman–Crippen LogP) is 2.05. The van der Waals surface area contributed by atoms with Gasteiger partial charge in [-0.25, -0.2) is 0 Å². The molecule has 22 heavy (non-hydrogen) atoms. The van der Waals surface area contributed by atoms with Crippen LogP contribution in [-0.4, -0.2) is 36.9 Å². The average Bonchev–Trinajstić information content (AvgIpc) is 2.66. The van der Waals surface area contributed by atoms with Gasteiger partial charge < -0.3 is 15.5 Å². The summed E-state index contributed by atoms with van der Waals surface area (Å²) in [6.45, 7) is 2.92. The number of anilines is 1. The molecule has 1 aliphatic heterocycles. The number of benzene rings is 1. The molecule has 0 aromatic heterocycles. The fraction of sp³-hybridized carbons (Fsp3) is 0.529. The molecule has 1 aliphatic rings. The SMILES string of the molecule is Cc1cc(NC(=O)C2CCCCC(=O)N2)ccc1CN(C)C. The van der Waals surface area contributed by atoms with Crippen LogP contribution in [0.4, 0.5) is 5.69 Å². The molecule has 2 N–H and O–H groups in total. The van der Waals surface area contributed by atoms with Crippen LogP contribution in [0.25, 0.3) is 0 Å². The average molecular weight is 303 g/mol. The minimum atomic E-state index is -0.420. The molecule has 1 atom stereocenters. The van der Waals surface area contributed by atoms with Crippen LogP contribution in [0.5, 0.6) is 0 Å². The molecule has 5 heteroatoms. The second kappa shape index (κ2) is 7.40. The van der Waals surface area contributed by atoms with Crippen molar-refractivity contribution in [1.82, 2.24) is 10.2 Å². The Balaban J connectivity index is 2.02. The fourth-order valence-electron chi connectivity index (χ4n) is 2.69. The molecule has 1 aromatic rings. The zero-order chi connectivity index (χ0) is 16.1. The van der Waals surface area contributed by atoms with Gasteiger partial charge in [0.2, 0.25) is 11.8 Å². The summed E-state index contributed by atoms with van der Waals surface area (Å²) in [6.07, 6.45) is 2.98. The monoisotopic (exact) mass is 303 g/mol. The van der Waals surface area contributed by atoms with Crippen molar-refractivity contribution in [2.75, 3.05) is 19.4 Å². The minimum absolute atomic E-state index is 0.0323. The number of rotatable bonds is 4. The lowest BCUT2D eigenvalue weighted by atomic mass is 10.1. The standard InChI is InChI=1S/C17H25N3O2/c1-12-10-14(9-8-13(12)11-20(2)3)18-17(22)15-6-4-5-7-16(21)19-15/h8-10,15H,4-7,11H2,1-3H3,(H,18,22)(H,19,21). The van der Waals surface area contributed by atoms with Gasteiger partial charge in [-0.15, -0.1) is 0 Å². The van der Waals surface area contributed by atoms with Gasteiger partial charge in [0.15, 0.2) is 0 Å². The topological polar surface area (TPSA) is 61.4 Å². The first-order valence-electron chi connectivity index (χ1n) is 7.80. The van der Waals surface area contributed by atoms with E-state index < -0.39 is 6.04 Å². The lowest BCUT2D eigenvalue weighted by Gasteiger charge is -2.17. The number of hydrogen-bond donors (Lipinski definition) is 2. The summed E-state index contributed by atoms with van der Waals surface area (Å²) in [5, 5.41) is 5.71. The van der Waals surface area contributed by atoms with Crippen LogP contribution < -0.4 is 10.6 Å². The molecule has 1 saturated heterocycles. The Hall–Kier alpha value is -1.88. The van der Waals surface area contributed by atoms with Crippen molar-refractivity contribution >= 4 is 17.5 Å². The number of carbonyl (C=O) groups is 2. The van der Waals surface area contributed by atoms with Crippen LogP contribution >= 0.6 is 0 Å². The van der Waals surface area contributed by atoms with Crippen molar-refractivity contribution in [3.8, 4) is 0 Å². The number of hydrogen-bond acceptors (Lipinski definition) is 3. The zero-order valence-electron chi connectivity index (χ0n) is 13.6. The van der Waals surface area contributed by atoms with Gasteiger partial charge in [0.25, 0.3) is 0 Å².